The second-order valence-electron chi connectivity index (χ2n) is 9.17. The van der Waals surface area contributed by atoms with E-state index in [0.29, 0.717) is 33.2 Å². The molecule has 38 heavy (non-hydrogen) atoms. The average molecular weight is 526 g/mol. The highest BCUT2D eigenvalue weighted by atomic mass is 35.5. The number of nitrogens with one attached hydrogen (secondary N) is 1. The van der Waals surface area contributed by atoms with Crippen molar-refractivity contribution in [3.05, 3.63) is 118 Å². The molecule has 9 heteroatoms. The van der Waals surface area contributed by atoms with Crippen LogP contribution in [-0.4, -0.2) is 43.5 Å². The number of hydrogen-bond acceptors (Lipinski definition) is 6. The van der Waals surface area contributed by atoms with Crippen molar-refractivity contribution >= 4 is 35.0 Å². The number of fused-ring (bicyclic) bond motifs is 1. The van der Waals surface area contributed by atoms with Gasteiger partial charge in [0.05, 0.1) is 11.7 Å². The molecule has 1 N–H and O–H groups in total. The van der Waals surface area contributed by atoms with Gasteiger partial charge in [-0.05, 0) is 60.0 Å². The van der Waals surface area contributed by atoms with E-state index in [1.807, 2.05) is 13.0 Å². The van der Waals surface area contributed by atoms with E-state index < -0.39 is 6.04 Å². The van der Waals surface area contributed by atoms with E-state index in [2.05, 4.69) is 20.3 Å². The van der Waals surface area contributed by atoms with Gasteiger partial charge in [-0.1, -0.05) is 29.8 Å². The van der Waals surface area contributed by atoms with Crippen molar-refractivity contribution in [1.82, 2.24) is 19.9 Å². The number of ketones is 1. The second kappa shape index (κ2) is 10.9. The van der Waals surface area contributed by atoms with Crippen LogP contribution in [0.25, 0.3) is 0 Å². The van der Waals surface area contributed by atoms with Gasteiger partial charge in [0.1, 0.15) is 5.82 Å². The number of hydrogen-bond donors (Lipinski definition) is 1. The molecule has 3 heterocycles. The van der Waals surface area contributed by atoms with Gasteiger partial charge in [-0.2, -0.15) is 0 Å². The summed E-state index contributed by atoms with van der Waals surface area (Å²) in [6.45, 7) is 2.10. The predicted molar refractivity (Wildman–Crippen MR) is 143 cm³/mol. The molecule has 0 spiro atoms. The second-order valence-corrected chi connectivity index (χ2v) is 9.60. The lowest BCUT2D eigenvalue weighted by Crippen LogP contribution is -2.45. The highest BCUT2D eigenvalue weighted by molar-refractivity contribution is 6.30. The maximum Gasteiger partial charge on any atom is 0.256 e. The Morgan fingerprint density at radius 1 is 1.03 bits per heavy atom. The summed E-state index contributed by atoms with van der Waals surface area (Å²) in [5, 5.41) is 3.24. The number of aromatic nitrogens is 3. The number of Topliss-reactive ketones (excluding diaryl/α,β-unsaturated/α-hetero) is 1. The molecule has 1 aliphatic rings. The molecule has 0 fully saturated rings. The Morgan fingerprint density at radius 3 is 2.55 bits per heavy atom. The number of halogens is 1. The van der Waals surface area contributed by atoms with Crippen molar-refractivity contribution in [2.45, 2.75) is 32.4 Å². The minimum absolute atomic E-state index is 0.0925. The summed E-state index contributed by atoms with van der Waals surface area (Å²) in [5.41, 5.74) is 3.90. The maximum atomic E-state index is 13.7. The molecule has 1 unspecified atom stereocenters. The fourth-order valence-electron chi connectivity index (χ4n) is 4.42. The molecule has 0 radical (unpaired) electrons. The van der Waals surface area contributed by atoms with Crippen LogP contribution in [0, 0.1) is 6.92 Å². The number of amides is 2. The Hall–Kier alpha value is -4.43. The Labute approximate surface area is 224 Å². The third kappa shape index (κ3) is 5.60. The molecule has 0 saturated carbocycles. The number of carbonyl (C=O) groups is 3. The lowest BCUT2D eigenvalue weighted by Gasteiger charge is -2.29. The van der Waals surface area contributed by atoms with Crippen LogP contribution < -0.4 is 5.32 Å². The zero-order valence-electron chi connectivity index (χ0n) is 20.6. The summed E-state index contributed by atoms with van der Waals surface area (Å²) >= 11 is 6.16. The van der Waals surface area contributed by atoms with E-state index in [1.54, 1.807) is 78.2 Å². The first-order chi connectivity index (χ1) is 18.4. The monoisotopic (exact) mass is 525 g/mol. The normalized spacial score (nSPS) is 15.1. The molecule has 0 aliphatic carbocycles. The average Bonchev–Trinajstić information content (AvgIpc) is 3.00. The predicted octanol–water partition coefficient (Wildman–Crippen LogP) is 4.46. The highest BCUT2D eigenvalue weighted by Gasteiger charge is 2.35. The molecule has 1 aliphatic heterocycles. The van der Waals surface area contributed by atoms with Crippen LogP contribution in [0.3, 0.4) is 0 Å². The molecule has 5 rings (SSSR count). The van der Waals surface area contributed by atoms with Crippen molar-refractivity contribution in [2.24, 2.45) is 0 Å². The van der Waals surface area contributed by atoms with Gasteiger partial charge < -0.3 is 10.2 Å². The van der Waals surface area contributed by atoms with Gasteiger partial charge in [0.25, 0.3) is 11.8 Å². The number of nitrogens with zero attached hydrogens (tertiary/aromatic N) is 4. The SMILES string of the molecule is Cc1ccc(NC(=O)c2ccc(CN3C(=O)c4ccc(Cl)cc4CC(=O)C3Cc3cnccn3)cc2)nc1. The Morgan fingerprint density at radius 2 is 1.84 bits per heavy atom. The standard InChI is InChI=1S/C29H24ClN5O3/c1-18-2-9-27(33-15-18)34-28(37)20-5-3-19(4-6-20)17-35-25(14-23-16-31-10-11-32-23)26(36)13-21-12-22(30)7-8-24(21)29(35)38/h2-12,15-16,25H,13-14,17H2,1H3,(H,33,34,37). The topological polar surface area (TPSA) is 105 Å². The molecule has 1 atom stereocenters. The lowest BCUT2D eigenvalue weighted by molar-refractivity contribution is -0.122. The molecule has 2 aromatic carbocycles. The van der Waals surface area contributed by atoms with Crippen LogP contribution in [0.5, 0.6) is 0 Å². The number of aryl methyl sites for hydroxylation is 1. The summed E-state index contributed by atoms with van der Waals surface area (Å²) in [6, 6.07) is 14.8. The number of pyridine rings is 1. The third-order valence-electron chi connectivity index (χ3n) is 6.41. The van der Waals surface area contributed by atoms with Crippen molar-refractivity contribution in [3.63, 3.8) is 0 Å². The van der Waals surface area contributed by atoms with E-state index >= 15 is 0 Å². The van der Waals surface area contributed by atoms with Gasteiger partial charge >= 0.3 is 0 Å². The van der Waals surface area contributed by atoms with E-state index in [4.69, 9.17) is 11.6 Å². The molecule has 2 amide bonds. The third-order valence-corrected chi connectivity index (χ3v) is 6.65. The summed E-state index contributed by atoms with van der Waals surface area (Å²) in [5.74, 6) is -0.195. The molecular formula is C29H24ClN5O3. The zero-order valence-corrected chi connectivity index (χ0v) is 21.4. The van der Waals surface area contributed by atoms with E-state index in [0.717, 1.165) is 11.1 Å². The van der Waals surface area contributed by atoms with E-state index in [9.17, 15) is 14.4 Å². The van der Waals surface area contributed by atoms with E-state index in [-0.39, 0.29) is 37.0 Å². The van der Waals surface area contributed by atoms with Crippen molar-refractivity contribution in [1.29, 1.82) is 0 Å². The quantitative estimate of drug-likeness (QED) is 0.398. The zero-order chi connectivity index (χ0) is 26.6. The van der Waals surface area contributed by atoms with Crippen LogP contribution in [0.15, 0.2) is 79.4 Å². The summed E-state index contributed by atoms with van der Waals surface area (Å²) < 4.78 is 0. The summed E-state index contributed by atoms with van der Waals surface area (Å²) in [6.07, 6.45) is 6.74. The molecule has 0 bridgehead atoms. The van der Waals surface area contributed by atoms with Gasteiger partial charge in [0.2, 0.25) is 0 Å². The largest absolute Gasteiger partial charge is 0.324 e. The van der Waals surface area contributed by atoms with Crippen LogP contribution >= 0.6 is 11.6 Å². The number of benzene rings is 2. The maximum absolute atomic E-state index is 13.7. The molecular weight excluding hydrogens is 502 g/mol. The smallest absolute Gasteiger partial charge is 0.256 e. The summed E-state index contributed by atoms with van der Waals surface area (Å²) in [4.78, 5) is 54.0. The molecule has 2 aromatic heterocycles. The fraction of sp³-hybridized carbons (Fsp3) is 0.172. The van der Waals surface area contributed by atoms with Gasteiger partial charge in [-0.3, -0.25) is 24.4 Å². The van der Waals surface area contributed by atoms with E-state index in [1.165, 1.54) is 0 Å². The van der Waals surface area contributed by atoms with Crippen molar-refractivity contribution < 1.29 is 14.4 Å². The lowest BCUT2D eigenvalue weighted by atomic mass is 9.99. The number of rotatable bonds is 6. The first kappa shape index (κ1) is 25.2. The minimum atomic E-state index is -0.735. The van der Waals surface area contributed by atoms with Crippen molar-refractivity contribution in [3.8, 4) is 0 Å². The van der Waals surface area contributed by atoms with Crippen LogP contribution in [0.2, 0.25) is 5.02 Å². The van der Waals surface area contributed by atoms with Gasteiger partial charge in [-0.25, -0.2) is 4.98 Å². The minimum Gasteiger partial charge on any atom is -0.324 e. The van der Waals surface area contributed by atoms with Gasteiger partial charge in [0, 0.05) is 60.3 Å². The Kier molecular flexibility index (Phi) is 7.24. The van der Waals surface area contributed by atoms with Gasteiger partial charge in [0.15, 0.2) is 5.78 Å². The summed E-state index contributed by atoms with van der Waals surface area (Å²) in [7, 11) is 0. The van der Waals surface area contributed by atoms with Crippen LogP contribution in [-0.2, 0) is 24.2 Å². The highest BCUT2D eigenvalue weighted by Crippen LogP contribution is 2.27. The Balaban J connectivity index is 1.40. The van der Waals surface area contributed by atoms with Gasteiger partial charge in [-0.15, -0.1) is 0 Å². The number of anilines is 1. The first-order valence-electron chi connectivity index (χ1n) is 12.1. The van der Waals surface area contributed by atoms with Crippen molar-refractivity contribution in [2.75, 3.05) is 5.32 Å². The first-order valence-corrected chi connectivity index (χ1v) is 12.4. The van der Waals surface area contributed by atoms with Crippen LogP contribution in [0.1, 0.15) is 43.1 Å². The molecule has 4 aromatic rings. The number of carbonyl (C=O) groups excluding carboxylic acids is 3. The fourth-order valence-corrected chi connectivity index (χ4v) is 4.62. The molecule has 190 valence electrons. The Bertz CT molecular complexity index is 1490. The van der Waals surface area contributed by atoms with Crippen LogP contribution in [0.4, 0.5) is 5.82 Å². The molecule has 0 saturated heterocycles. The molecule has 8 nitrogen and oxygen atoms in total.